The fourth-order valence-corrected chi connectivity index (χ4v) is 1.92. The Labute approximate surface area is 107 Å². The van der Waals surface area contributed by atoms with E-state index in [2.05, 4.69) is 22.9 Å². The number of pyridine rings is 1. The van der Waals surface area contributed by atoms with Crippen molar-refractivity contribution >= 4 is 0 Å². The molecule has 0 radical (unpaired) electrons. The lowest BCUT2D eigenvalue weighted by atomic mass is 10.2. The Balaban J connectivity index is 2.01. The van der Waals surface area contributed by atoms with Crippen LogP contribution in [0.15, 0.2) is 48.8 Å². The van der Waals surface area contributed by atoms with Gasteiger partial charge in [-0.1, -0.05) is 25.1 Å². The zero-order valence-corrected chi connectivity index (χ0v) is 10.5. The van der Waals surface area contributed by atoms with Gasteiger partial charge in [-0.25, -0.2) is 4.39 Å². The first-order chi connectivity index (χ1) is 8.78. The SMILES string of the molecule is CCN(Cc1cccnc1)Cc1cccc(F)c1. The summed E-state index contributed by atoms with van der Waals surface area (Å²) >= 11 is 0. The molecule has 2 nitrogen and oxygen atoms in total. The zero-order chi connectivity index (χ0) is 12.8. The predicted molar refractivity (Wildman–Crippen MR) is 70.4 cm³/mol. The fraction of sp³-hybridized carbons (Fsp3) is 0.267. The smallest absolute Gasteiger partial charge is 0.123 e. The van der Waals surface area contributed by atoms with Gasteiger partial charge >= 0.3 is 0 Å². The third-order valence-corrected chi connectivity index (χ3v) is 2.87. The van der Waals surface area contributed by atoms with E-state index in [-0.39, 0.29) is 5.82 Å². The fourth-order valence-electron chi connectivity index (χ4n) is 1.92. The van der Waals surface area contributed by atoms with Gasteiger partial charge in [-0.15, -0.1) is 0 Å². The van der Waals surface area contributed by atoms with Gasteiger partial charge in [0.25, 0.3) is 0 Å². The van der Waals surface area contributed by atoms with Gasteiger partial charge < -0.3 is 0 Å². The molecule has 1 aromatic carbocycles. The minimum absolute atomic E-state index is 0.176. The van der Waals surface area contributed by atoms with Crippen LogP contribution in [-0.2, 0) is 13.1 Å². The van der Waals surface area contributed by atoms with Gasteiger partial charge in [-0.3, -0.25) is 9.88 Å². The number of halogens is 1. The zero-order valence-electron chi connectivity index (χ0n) is 10.5. The number of aromatic nitrogens is 1. The summed E-state index contributed by atoms with van der Waals surface area (Å²) in [6.07, 6.45) is 3.64. The summed E-state index contributed by atoms with van der Waals surface area (Å²) < 4.78 is 13.1. The Bertz CT molecular complexity index is 485. The van der Waals surface area contributed by atoms with E-state index in [0.717, 1.165) is 25.2 Å². The quantitative estimate of drug-likeness (QED) is 0.802. The van der Waals surface area contributed by atoms with Gasteiger partial charge in [0.05, 0.1) is 0 Å². The molecular weight excluding hydrogens is 227 g/mol. The molecule has 0 unspecified atom stereocenters. The molecule has 18 heavy (non-hydrogen) atoms. The molecule has 0 atom stereocenters. The number of benzene rings is 1. The Morgan fingerprint density at radius 2 is 1.89 bits per heavy atom. The van der Waals surface area contributed by atoms with Crippen LogP contribution < -0.4 is 0 Å². The number of rotatable bonds is 5. The Morgan fingerprint density at radius 1 is 1.11 bits per heavy atom. The topological polar surface area (TPSA) is 16.1 Å². The molecule has 0 amide bonds. The standard InChI is InChI=1S/C15H17FN2/c1-2-18(12-14-6-4-8-17-10-14)11-13-5-3-7-15(16)9-13/h3-10H,2,11-12H2,1H3. The first-order valence-corrected chi connectivity index (χ1v) is 6.13. The Kier molecular flexibility index (Phi) is 4.42. The van der Waals surface area contributed by atoms with E-state index in [9.17, 15) is 4.39 Å². The van der Waals surface area contributed by atoms with Gasteiger partial charge in [0, 0.05) is 25.5 Å². The highest BCUT2D eigenvalue weighted by molar-refractivity contribution is 5.16. The van der Waals surface area contributed by atoms with E-state index >= 15 is 0 Å². The predicted octanol–water partition coefficient (Wildman–Crippen LogP) is 3.24. The van der Waals surface area contributed by atoms with Crippen molar-refractivity contribution in [1.29, 1.82) is 0 Å². The van der Waals surface area contributed by atoms with Crippen molar-refractivity contribution in [1.82, 2.24) is 9.88 Å². The summed E-state index contributed by atoms with van der Waals surface area (Å²) in [6.45, 7) is 4.62. The number of hydrogen-bond acceptors (Lipinski definition) is 2. The van der Waals surface area contributed by atoms with Gasteiger partial charge in [0.1, 0.15) is 5.82 Å². The summed E-state index contributed by atoms with van der Waals surface area (Å²) in [4.78, 5) is 6.36. The van der Waals surface area contributed by atoms with Crippen molar-refractivity contribution in [2.24, 2.45) is 0 Å². The molecule has 0 saturated carbocycles. The number of nitrogens with zero attached hydrogens (tertiary/aromatic N) is 2. The molecule has 1 heterocycles. The summed E-state index contributed by atoms with van der Waals surface area (Å²) in [5.41, 5.74) is 2.18. The van der Waals surface area contributed by atoms with E-state index in [1.54, 1.807) is 18.3 Å². The molecule has 0 aliphatic rings. The lowest BCUT2D eigenvalue weighted by Gasteiger charge is -2.20. The van der Waals surface area contributed by atoms with Crippen molar-refractivity contribution in [3.05, 3.63) is 65.7 Å². The highest BCUT2D eigenvalue weighted by Crippen LogP contribution is 2.10. The lowest BCUT2D eigenvalue weighted by molar-refractivity contribution is 0.271. The second-order valence-corrected chi connectivity index (χ2v) is 4.29. The van der Waals surface area contributed by atoms with E-state index in [4.69, 9.17) is 0 Å². The summed E-state index contributed by atoms with van der Waals surface area (Å²) in [5.74, 6) is -0.176. The highest BCUT2D eigenvalue weighted by Gasteiger charge is 2.05. The second kappa shape index (κ2) is 6.26. The second-order valence-electron chi connectivity index (χ2n) is 4.29. The van der Waals surface area contributed by atoms with E-state index in [1.165, 1.54) is 11.6 Å². The average Bonchev–Trinajstić information content (AvgIpc) is 2.39. The summed E-state index contributed by atoms with van der Waals surface area (Å²) in [6, 6.07) is 10.8. The van der Waals surface area contributed by atoms with Crippen molar-refractivity contribution in [2.75, 3.05) is 6.54 Å². The van der Waals surface area contributed by atoms with Gasteiger partial charge in [0.2, 0.25) is 0 Å². The molecule has 94 valence electrons. The summed E-state index contributed by atoms with van der Waals surface area (Å²) in [5, 5.41) is 0. The molecule has 0 spiro atoms. The van der Waals surface area contributed by atoms with Crippen LogP contribution >= 0.6 is 0 Å². The molecule has 2 aromatic rings. The van der Waals surface area contributed by atoms with E-state index < -0.39 is 0 Å². The van der Waals surface area contributed by atoms with Crippen LogP contribution in [0.25, 0.3) is 0 Å². The molecule has 0 N–H and O–H groups in total. The summed E-state index contributed by atoms with van der Waals surface area (Å²) in [7, 11) is 0. The molecule has 0 bridgehead atoms. The van der Waals surface area contributed by atoms with Crippen molar-refractivity contribution < 1.29 is 4.39 Å². The third-order valence-electron chi connectivity index (χ3n) is 2.87. The van der Waals surface area contributed by atoms with E-state index in [0.29, 0.717) is 0 Å². The number of hydrogen-bond donors (Lipinski definition) is 0. The van der Waals surface area contributed by atoms with Crippen molar-refractivity contribution in [3.63, 3.8) is 0 Å². The average molecular weight is 244 g/mol. The molecular formula is C15H17FN2. The minimum atomic E-state index is -0.176. The van der Waals surface area contributed by atoms with Crippen LogP contribution in [0.2, 0.25) is 0 Å². The molecule has 3 heteroatoms. The van der Waals surface area contributed by atoms with Crippen LogP contribution in [0, 0.1) is 5.82 Å². The molecule has 0 aliphatic heterocycles. The maximum Gasteiger partial charge on any atom is 0.123 e. The van der Waals surface area contributed by atoms with E-state index in [1.807, 2.05) is 18.3 Å². The minimum Gasteiger partial charge on any atom is -0.295 e. The highest BCUT2D eigenvalue weighted by atomic mass is 19.1. The molecule has 2 rings (SSSR count). The lowest BCUT2D eigenvalue weighted by Crippen LogP contribution is -2.22. The normalized spacial score (nSPS) is 10.8. The maximum atomic E-state index is 13.1. The van der Waals surface area contributed by atoms with Gasteiger partial charge in [-0.05, 0) is 35.9 Å². The van der Waals surface area contributed by atoms with Gasteiger partial charge in [0.15, 0.2) is 0 Å². The van der Waals surface area contributed by atoms with Crippen LogP contribution in [-0.4, -0.2) is 16.4 Å². The van der Waals surface area contributed by atoms with Crippen LogP contribution in [0.3, 0.4) is 0 Å². The Hall–Kier alpha value is -1.74. The Morgan fingerprint density at radius 3 is 2.56 bits per heavy atom. The first kappa shape index (κ1) is 12.7. The van der Waals surface area contributed by atoms with Crippen molar-refractivity contribution in [2.45, 2.75) is 20.0 Å². The van der Waals surface area contributed by atoms with Crippen LogP contribution in [0.1, 0.15) is 18.1 Å². The maximum absolute atomic E-state index is 13.1. The largest absolute Gasteiger partial charge is 0.295 e. The monoisotopic (exact) mass is 244 g/mol. The van der Waals surface area contributed by atoms with Crippen molar-refractivity contribution in [3.8, 4) is 0 Å². The van der Waals surface area contributed by atoms with Crippen LogP contribution in [0.4, 0.5) is 4.39 Å². The molecule has 1 aromatic heterocycles. The third kappa shape index (κ3) is 3.64. The molecule has 0 aliphatic carbocycles. The van der Waals surface area contributed by atoms with Crippen LogP contribution in [0.5, 0.6) is 0 Å². The van der Waals surface area contributed by atoms with Gasteiger partial charge in [-0.2, -0.15) is 0 Å². The first-order valence-electron chi connectivity index (χ1n) is 6.13. The molecule has 0 fully saturated rings. The molecule has 0 saturated heterocycles.